The number of anilines is 2. The molecular formula is C12H7Cl2FN2O2. The molecule has 19 heavy (non-hydrogen) atoms. The number of benzene rings is 1. The zero-order chi connectivity index (χ0) is 14.0. The number of pyridine rings is 1. The minimum atomic E-state index is -1.12. The lowest BCUT2D eigenvalue weighted by Gasteiger charge is -2.10. The fraction of sp³-hybridized carbons (Fsp3) is 0. The molecule has 0 amide bonds. The van der Waals surface area contributed by atoms with Crippen LogP contribution < -0.4 is 5.32 Å². The molecule has 1 heterocycles. The maximum absolute atomic E-state index is 13.0. The molecule has 0 atom stereocenters. The van der Waals surface area contributed by atoms with Gasteiger partial charge in [0.25, 0.3) is 0 Å². The van der Waals surface area contributed by atoms with Crippen LogP contribution in [0.3, 0.4) is 0 Å². The van der Waals surface area contributed by atoms with E-state index in [-0.39, 0.29) is 15.7 Å². The van der Waals surface area contributed by atoms with E-state index >= 15 is 0 Å². The van der Waals surface area contributed by atoms with E-state index in [4.69, 9.17) is 28.3 Å². The van der Waals surface area contributed by atoms with Crippen molar-refractivity contribution in [1.29, 1.82) is 0 Å². The third-order valence-corrected chi connectivity index (χ3v) is 2.85. The van der Waals surface area contributed by atoms with E-state index in [9.17, 15) is 9.18 Å². The molecule has 2 aromatic rings. The lowest BCUT2D eigenvalue weighted by atomic mass is 10.2. The standard InChI is InChI=1S/C12H7Cl2FN2O2/c13-8-3-6(15)4-9(14)11(8)17-7-1-2-10(12(18)19)16-5-7/h1-5,17H,(H,18,19). The van der Waals surface area contributed by atoms with Crippen molar-refractivity contribution in [3.8, 4) is 0 Å². The number of hydrogen-bond donors (Lipinski definition) is 2. The lowest BCUT2D eigenvalue weighted by Crippen LogP contribution is -2.00. The molecular weight excluding hydrogens is 294 g/mol. The van der Waals surface area contributed by atoms with Crippen LogP contribution in [-0.4, -0.2) is 16.1 Å². The molecule has 0 aliphatic carbocycles. The molecule has 2 rings (SSSR count). The number of hydrogen-bond acceptors (Lipinski definition) is 3. The monoisotopic (exact) mass is 300 g/mol. The molecule has 0 aliphatic rings. The first-order chi connectivity index (χ1) is 8.97. The number of carboxylic acids is 1. The van der Waals surface area contributed by atoms with E-state index in [1.54, 1.807) is 0 Å². The summed E-state index contributed by atoms with van der Waals surface area (Å²) in [5, 5.41) is 11.8. The third-order valence-electron chi connectivity index (χ3n) is 2.26. The molecule has 0 saturated carbocycles. The normalized spacial score (nSPS) is 10.3. The van der Waals surface area contributed by atoms with Gasteiger partial charge in [-0.3, -0.25) is 0 Å². The molecule has 0 radical (unpaired) electrons. The number of aromatic nitrogens is 1. The van der Waals surface area contributed by atoms with Gasteiger partial charge >= 0.3 is 5.97 Å². The summed E-state index contributed by atoms with van der Waals surface area (Å²) >= 11 is 11.7. The van der Waals surface area contributed by atoms with Crippen molar-refractivity contribution in [2.24, 2.45) is 0 Å². The van der Waals surface area contributed by atoms with E-state index in [0.717, 1.165) is 12.1 Å². The Bertz CT molecular complexity index is 609. The van der Waals surface area contributed by atoms with Gasteiger partial charge in [-0.05, 0) is 24.3 Å². The van der Waals surface area contributed by atoms with Crippen LogP contribution in [0, 0.1) is 5.82 Å². The number of halogens is 3. The highest BCUT2D eigenvalue weighted by molar-refractivity contribution is 6.39. The van der Waals surface area contributed by atoms with Crippen LogP contribution in [0.5, 0.6) is 0 Å². The second-order valence-electron chi connectivity index (χ2n) is 3.61. The Morgan fingerprint density at radius 2 is 1.89 bits per heavy atom. The first-order valence-corrected chi connectivity index (χ1v) is 5.84. The average molecular weight is 301 g/mol. The fourth-order valence-electron chi connectivity index (χ4n) is 1.40. The van der Waals surface area contributed by atoms with Gasteiger partial charge in [0.2, 0.25) is 0 Å². The first-order valence-electron chi connectivity index (χ1n) is 5.08. The second-order valence-corrected chi connectivity index (χ2v) is 4.42. The molecule has 98 valence electrons. The highest BCUT2D eigenvalue weighted by Gasteiger charge is 2.10. The molecule has 0 fully saturated rings. The number of nitrogens with one attached hydrogen (secondary N) is 1. The van der Waals surface area contributed by atoms with Crippen molar-refractivity contribution in [2.45, 2.75) is 0 Å². The summed E-state index contributed by atoms with van der Waals surface area (Å²) in [6.07, 6.45) is 1.32. The number of aromatic carboxylic acids is 1. The molecule has 0 aliphatic heterocycles. The van der Waals surface area contributed by atoms with Crippen LogP contribution in [-0.2, 0) is 0 Å². The molecule has 0 unspecified atom stereocenters. The van der Waals surface area contributed by atoms with Gasteiger partial charge in [0.05, 0.1) is 27.6 Å². The zero-order valence-corrected chi connectivity index (χ0v) is 10.8. The van der Waals surface area contributed by atoms with Gasteiger partial charge in [-0.25, -0.2) is 14.2 Å². The first kappa shape index (κ1) is 13.6. The molecule has 1 aromatic heterocycles. The largest absolute Gasteiger partial charge is 0.477 e. The zero-order valence-electron chi connectivity index (χ0n) is 9.32. The maximum atomic E-state index is 13.0. The van der Waals surface area contributed by atoms with E-state index in [1.807, 2.05) is 0 Å². The summed E-state index contributed by atoms with van der Waals surface area (Å²) < 4.78 is 13.0. The van der Waals surface area contributed by atoms with Gasteiger partial charge in [0.1, 0.15) is 11.5 Å². The van der Waals surface area contributed by atoms with Crippen LogP contribution in [0.15, 0.2) is 30.5 Å². The Kier molecular flexibility index (Phi) is 3.87. The Labute approximate surface area is 117 Å². The van der Waals surface area contributed by atoms with E-state index in [1.165, 1.54) is 18.3 Å². The predicted octanol–water partition coefficient (Wildman–Crippen LogP) is 3.97. The van der Waals surface area contributed by atoms with E-state index in [2.05, 4.69) is 10.3 Å². The lowest BCUT2D eigenvalue weighted by molar-refractivity contribution is 0.0690. The van der Waals surface area contributed by atoms with Crippen LogP contribution in [0.25, 0.3) is 0 Å². The molecule has 2 N–H and O–H groups in total. The Balaban J connectivity index is 2.29. The molecule has 0 bridgehead atoms. The quantitative estimate of drug-likeness (QED) is 0.900. The van der Waals surface area contributed by atoms with E-state index < -0.39 is 11.8 Å². The number of carbonyl (C=O) groups is 1. The fourth-order valence-corrected chi connectivity index (χ4v) is 1.96. The maximum Gasteiger partial charge on any atom is 0.354 e. The second kappa shape index (κ2) is 5.42. The van der Waals surface area contributed by atoms with Gasteiger partial charge in [-0.1, -0.05) is 23.2 Å². The smallest absolute Gasteiger partial charge is 0.354 e. The van der Waals surface area contributed by atoms with Crippen molar-refractivity contribution in [3.63, 3.8) is 0 Å². The van der Waals surface area contributed by atoms with Crippen molar-refractivity contribution in [3.05, 3.63) is 52.0 Å². The molecule has 0 saturated heterocycles. The minimum absolute atomic E-state index is 0.0816. The number of nitrogens with zero attached hydrogens (tertiary/aromatic N) is 1. The van der Waals surface area contributed by atoms with Crippen molar-refractivity contribution < 1.29 is 14.3 Å². The molecule has 0 spiro atoms. The van der Waals surface area contributed by atoms with Gasteiger partial charge in [-0.2, -0.15) is 0 Å². The summed E-state index contributed by atoms with van der Waals surface area (Å²) in [7, 11) is 0. The van der Waals surface area contributed by atoms with Gasteiger partial charge in [0.15, 0.2) is 0 Å². The predicted molar refractivity (Wildman–Crippen MR) is 70.9 cm³/mol. The molecule has 7 heteroatoms. The van der Waals surface area contributed by atoms with Crippen LogP contribution in [0.1, 0.15) is 10.5 Å². The Morgan fingerprint density at radius 3 is 2.37 bits per heavy atom. The van der Waals surface area contributed by atoms with Crippen LogP contribution in [0.4, 0.5) is 15.8 Å². The molecule has 1 aromatic carbocycles. The highest BCUT2D eigenvalue weighted by Crippen LogP contribution is 2.33. The van der Waals surface area contributed by atoms with Gasteiger partial charge in [0, 0.05) is 0 Å². The molecule has 4 nitrogen and oxygen atoms in total. The van der Waals surface area contributed by atoms with Gasteiger partial charge in [-0.15, -0.1) is 0 Å². The van der Waals surface area contributed by atoms with Crippen molar-refractivity contribution in [2.75, 3.05) is 5.32 Å². The SMILES string of the molecule is O=C(O)c1ccc(Nc2c(Cl)cc(F)cc2Cl)cn1. The van der Waals surface area contributed by atoms with Gasteiger partial charge < -0.3 is 10.4 Å². The van der Waals surface area contributed by atoms with Crippen LogP contribution >= 0.6 is 23.2 Å². The topological polar surface area (TPSA) is 62.2 Å². The van der Waals surface area contributed by atoms with E-state index in [0.29, 0.717) is 11.4 Å². The Morgan fingerprint density at radius 1 is 1.26 bits per heavy atom. The third kappa shape index (κ3) is 3.13. The summed E-state index contributed by atoms with van der Waals surface area (Å²) in [5.41, 5.74) is 0.733. The summed E-state index contributed by atoms with van der Waals surface area (Å²) in [6, 6.07) is 5.08. The number of carboxylic acid groups (broad SMARTS) is 1. The summed E-state index contributed by atoms with van der Waals surface area (Å²) in [5.74, 6) is -1.66. The number of rotatable bonds is 3. The summed E-state index contributed by atoms with van der Waals surface area (Å²) in [4.78, 5) is 14.4. The minimum Gasteiger partial charge on any atom is -0.477 e. The van der Waals surface area contributed by atoms with Crippen molar-refractivity contribution >= 4 is 40.5 Å². The van der Waals surface area contributed by atoms with Crippen LogP contribution in [0.2, 0.25) is 10.0 Å². The van der Waals surface area contributed by atoms with Crippen molar-refractivity contribution in [1.82, 2.24) is 4.98 Å². The summed E-state index contributed by atoms with van der Waals surface area (Å²) in [6.45, 7) is 0. The highest BCUT2D eigenvalue weighted by atomic mass is 35.5. The average Bonchev–Trinajstić information content (AvgIpc) is 2.34. The Hall–Kier alpha value is -1.85.